The van der Waals surface area contributed by atoms with Gasteiger partial charge in [0.15, 0.2) is 5.82 Å². The predicted octanol–water partition coefficient (Wildman–Crippen LogP) is 5.48. The van der Waals surface area contributed by atoms with Gasteiger partial charge in [0.25, 0.3) is 5.91 Å². The lowest BCUT2D eigenvalue weighted by atomic mass is 10.1. The van der Waals surface area contributed by atoms with Crippen LogP contribution in [-0.2, 0) is 6.54 Å². The van der Waals surface area contributed by atoms with E-state index in [0.717, 1.165) is 22.5 Å². The van der Waals surface area contributed by atoms with E-state index in [9.17, 15) is 9.18 Å². The SMILES string of the molecule is Cc1c(C(=O)Nc2ccn(Cc3cccc(F)c3)n2)c(-c2ccccc2)nn1-c1ccccc1. The number of para-hydroxylation sites is 1. The highest BCUT2D eigenvalue weighted by atomic mass is 19.1. The van der Waals surface area contributed by atoms with Crippen molar-refractivity contribution in [2.24, 2.45) is 0 Å². The zero-order valence-electron chi connectivity index (χ0n) is 18.5. The summed E-state index contributed by atoms with van der Waals surface area (Å²) < 4.78 is 16.9. The predicted molar refractivity (Wildman–Crippen MR) is 129 cm³/mol. The molecule has 0 fully saturated rings. The first-order chi connectivity index (χ1) is 16.6. The molecule has 3 aromatic carbocycles. The second kappa shape index (κ2) is 9.15. The van der Waals surface area contributed by atoms with Gasteiger partial charge in [0.2, 0.25) is 0 Å². The Labute approximate surface area is 196 Å². The zero-order chi connectivity index (χ0) is 23.5. The fourth-order valence-electron chi connectivity index (χ4n) is 3.91. The maximum atomic E-state index is 13.5. The molecule has 5 rings (SSSR count). The number of halogens is 1. The molecule has 1 amide bonds. The maximum Gasteiger partial charge on any atom is 0.261 e. The molecule has 6 nitrogen and oxygen atoms in total. The van der Waals surface area contributed by atoms with Crippen LogP contribution < -0.4 is 5.32 Å². The van der Waals surface area contributed by atoms with Crippen molar-refractivity contribution in [3.05, 3.63) is 120 Å². The van der Waals surface area contributed by atoms with Crippen LogP contribution in [0, 0.1) is 12.7 Å². The summed E-state index contributed by atoms with van der Waals surface area (Å²) >= 11 is 0. The Kier molecular flexibility index (Phi) is 5.74. The van der Waals surface area contributed by atoms with E-state index in [1.165, 1.54) is 12.1 Å². The lowest BCUT2D eigenvalue weighted by molar-refractivity contribution is 0.102. The number of nitrogens with one attached hydrogen (secondary N) is 1. The molecule has 0 saturated carbocycles. The molecule has 0 radical (unpaired) electrons. The molecule has 2 heterocycles. The first-order valence-electron chi connectivity index (χ1n) is 10.9. The van der Waals surface area contributed by atoms with Crippen LogP contribution in [0.5, 0.6) is 0 Å². The van der Waals surface area contributed by atoms with Crippen LogP contribution in [-0.4, -0.2) is 25.5 Å². The van der Waals surface area contributed by atoms with Crippen LogP contribution in [0.15, 0.2) is 97.2 Å². The minimum absolute atomic E-state index is 0.294. The monoisotopic (exact) mass is 451 g/mol. The number of hydrogen-bond donors (Lipinski definition) is 1. The zero-order valence-corrected chi connectivity index (χ0v) is 18.5. The molecule has 0 atom stereocenters. The topological polar surface area (TPSA) is 64.7 Å². The van der Waals surface area contributed by atoms with Crippen molar-refractivity contribution in [3.63, 3.8) is 0 Å². The number of carbonyl (C=O) groups excluding carboxylic acids is 1. The van der Waals surface area contributed by atoms with Gasteiger partial charge in [0, 0.05) is 17.8 Å². The summed E-state index contributed by atoms with van der Waals surface area (Å²) in [4.78, 5) is 13.4. The molecule has 2 aromatic heterocycles. The summed E-state index contributed by atoms with van der Waals surface area (Å²) in [6, 6.07) is 27.4. The molecular formula is C27H22FN5O. The van der Waals surface area contributed by atoms with E-state index >= 15 is 0 Å². The highest BCUT2D eigenvalue weighted by molar-refractivity contribution is 6.08. The molecule has 5 aromatic rings. The molecule has 34 heavy (non-hydrogen) atoms. The Morgan fingerprint density at radius 3 is 2.38 bits per heavy atom. The number of anilines is 1. The van der Waals surface area contributed by atoms with Gasteiger partial charge in [-0.2, -0.15) is 10.2 Å². The molecular weight excluding hydrogens is 429 g/mol. The summed E-state index contributed by atoms with van der Waals surface area (Å²) in [5.74, 6) is -0.181. The Morgan fingerprint density at radius 2 is 1.65 bits per heavy atom. The van der Waals surface area contributed by atoms with E-state index in [1.54, 1.807) is 27.7 Å². The molecule has 7 heteroatoms. The van der Waals surface area contributed by atoms with E-state index in [1.807, 2.05) is 73.7 Å². The average molecular weight is 452 g/mol. The maximum absolute atomic E-state index is 13.5. The number of benzene rings is 3. The molecule has 0 aliphatic carbocycles. The second-order valence-electron chi connectivity index (χ2n) is 7.90. The molecule has 0 saturated heterocycles. The highest BCUT2D eigenvalue weighted by Gasteiger charge is 2.23. The van der Waals surface area contributed by atoms with Crippen LogP contribution in [0.25, 0.3) is 16.9 Å². The first kappa shape index (κ1) is 21.3. The fraction of sp³-hybridized carbons (Fsp3) is 0.0741. The fourth-order valence-corrected chi connectivity index (χ4v) is 3.91. The Balaban J connectivity index is 1.46. The molecule has 0 aliphatic rings. The van der Waals surface area contributed by atoms with Crippen LogP contribution >= 0.6 is 0 Å². The largest absolute Gasteiger partial charge is 0.305 e. The van der Waals surface area contributed by atoms with Gasteiger partial charge in [-0.25, -0.2) is 9.07 Å². The summed E-state index contributed by atoms with van der Waals surface area (Å²) in [6.45, 7) is 2.28. The number of aromatic nitrogens is 4. The number of amides is 1. The average Bonchev–Trinajstić information content (AvgIpc) is 3.43. The van der Waals surface area contributed by atoms with E-state index < -0.39 is 0 Å². The normalized spacial score (nSPS) is 10.9. The van der Waals surface area contributed by atoms with Crippen LogP contribution in [0.4, 0.5) is 10.2 Å². The Hall–Kier alpha value is -4.52. The third kappa shape index (κ3) is 4.36. The number of rotatable bonds is 6. The minimum atomic E-state index is -0.297. The first-order valence-corrected chi connectivity index (χ1v) is 10.9. The lowest BCUT2D eigenvalue weighted by Crippen LogP contribution is -2.15. The van der Waals surface area contributed by atoms with Crippen molar-refractivity contribution in [2.45, 2.75) is 13.5 Å². The number of carbonyl (C=O) groups is 1. The third-order valence-corrected chi connectivity index (χ3v) is 5.51. The molecule has 0 spiro atoms. The van der Waals surface area contributed by atoms with Crippen LogP contribution in [0.3, 0.4) is 0 Å². The standard InChI is InChI=1S/C27H22FN5O/c1-19-25(26(21-10-4-2-5-11-21)31-33(19)23-13-6-3-7-14-23)27(34)29-24-15-16-32(30-24)18-20-9-8-12-22(28)17-20/h2-17H,18H2,1H3,(H,29,30,34). The van der Waals surface area contributed by atoms with Gasteiger partial charge < -0.3 is 5.32 Å². The molecule has 0 unspecified atom stereocenters. The van der Waals surface area contributed by atoms with Crippen molar-refractivity contribution < 1.29 is 9.18 Å². The van der Waals surface area contributed by atoms with Gasteiger partial charge in [-0.15, -0.1) is 0 Å². The van der Waals surface area contributed by atoms with E-state index in [4.69, 9.17) is 5.10 Å². The number of hydrogen-bond acceptors (Lipinski definition) is 3. The van der Waals surface area contributed by atoms with Gasteiger partial charge >= 0.3 is 0 Å². The quantitative estimate of drug-likeness (QED) is 0.372. The van der Waals surface area contributed by atoms with Crippen molar-refractivity contribution in [2.75, 3.05) is 5.32 Å². The van der Waals surface area contributed by atoms with Crippen molar-refractivity contribution in [1.29, 1.82) is 0 Å². The second-order valence-corrected chi connectivity index (χ2v) is 7.90. The molecule has 0 bridgehead atoms. The van der Waals surface area contributed by atoms with E-state index in [0.29, 0.717) is 23.6 Å². The Bertz CT molecular complexity index is 1440. The highest BCUT2D eigenvalue weighted by Crippen LogP contribution is 2.28. The smallest absolute Gasteiger partial charge is 0.261 e. The van der Waals surface area contributed by atoms with E-state index in [2.05, 4.69) is 10.4 Å². The molecule has 168 valence electrons. The van der Waals surface area contributed by atoms with Gasteiger partial charge in [-0.1, -0.05) is 60.7 Å². The lowest BCUT2D eigenvalue weighted by Gasteiger charge is -2.06. The minimum Gasteiger partial charge on any atom is -0.305 e. The van der Waals surface area contributed by atoms with Crippen molar-refractivity contribution >= 4 is 11.7 Å². The Morgan fingerprint density at radius 1 is 0.912 bits per heavy atom. The summed E-state index contributed by atoms with van der Waals surface area (Å²) in [7, 11) is 0. The summed E-state index contributed by atoms with van der Waals surface area (Å²) in [5.41, 5.74) is 4.31. The van der Waals surface area contributed by atoms with Crippen molar-refractivity contribution in [1.82, 2.24) is 19.6 Å². The van der Waals surface area contributed by atoms with Crippen LogP contribution in [0.2, 0.25) is 0 Å². The van der Waals surface area contributed by atoms with Crippen molar-refractivity contribution in [3.8, 4) is 16.9 Å². The van der Waals surface area contributed by atoms with Gasteiger partial charge in [-0.3, -0.25) is 9.48 Å². The van der Waals surface area contributed by atoms with E-state index in [-0.39, 0.29) is 11.7 Å². The van der Waals surface area contributed by atoms with Gasteiger partial charge in [-0.05, 0) is 36.8 Å². The number of nitrogens with zero attached hydrogens (tertiary/aromatic N) is 4. The van der Waals surface area contributed by atoms with Gasteiger partial charge in [0.1, 0.15) is 11.5 Å². The van der Waals surface area contributed by atoms with Crippen LogP contribution in [0.1, 0.15) is 21.6 Å². The summed E-state index contributed by atoms with van der Waals surface area (Å²) in [5, 5.41) is 12.1. The van der Waals surface area contributed by atoms with Gasteiger partial charge in [0.05, 0.1) is 23.5 Å². The summed E-state index contributed by atoms with van der Waals surface area (Å²) in [6.07, 6.45) is 1.75. The molecule has 0 aliphatic heterocycles. The third-order valence-electron chi connectivity index (χ3n) is 5.51. The molecule has 1 N–H and O–H groups in total.